The van der Waals surface area contributed by atoms with Gasteiger partial charge in [0.1, 0.15) is 5.82 Å². The van der Waals surface area contributed by atoms with Crippen molar-refractivity contribution in [1.82, 2.24) is 0 Å². The molecule has 0 aromatic heterocycles. The van der Waals surface area contributed by atoms with Crippen LogP contribution in [0.5, 0.6) is 0 Å². The van der Waals surface area contributed by atoms with Crippen molar-refractivity contribution in [3.8, 4) is 0 Å². The lowest BCUT2D eigenvalue weighted by Crippen LogP contribution is -2.06. The Morgan fingerprint density at radius 1 is 1.23 bits per heavy atom. The lowest BCUT2D eigenvalue weighted by Gasteiger charge is -2.08. The monoisotopic (exact) mass is 212 g/mol. The van der Waals surface area contributed by atoms with Crippen molar-refractivity contribution in [2.24, 2.45) is 0 Å². The zero-order valence-electron chi connectivity index (χ0n) is 6.54. The average molecular weight is 213 g/mol. The molecule has 0 atom stereocenters. The molecule has 1 rings (SSSR count). The highest BCUT2D eigenvalue weighted by molar-refractivity contribution is 6.31. The Labute approximate surface area is 77.1 Å². The molecule has 0 spiro atoms. The number of rotatable bonds is 0. The van der Waals surface area contributed by atoms with Crippen LogP contribution in [0, 0.1) is 12.7 Å². The van der Waals surface area contributed by atoms with Crippen molar-refractivity contribution in [3.05, 3.63) is 34.1 Å². The summed E-state index contributed by atoms with van der Waals surface area (Å²) < 4.78 is 48.9. The minimum atomic E-state index is -4.53. The first-order valence-electron chi connectivity index (χ1n) is 3.35. The first-order chi connectivity index (χ1) is 5.82. The van der Waals surface area contributed by atoms with Crippen LogP contribution in [0.3, 0.4) is 0 Å². The van der Waals surface area contributed by atoms with E-state index in [9.17, 15) is 17.6 Å². The molecule has 72 valence electrons. The minimum absolute atomic E-state index is 0.0778. The first kappa shape index (κ1) is 10.3. The molecule has 0 heterocycles. The fraction of sp³-hybridized carbons (Fsp3) is 0.250. The Morgan fingerprint density at radius 3 is 2.15 bits per heavy atom. The Balaban J connectivity index is 3.29. The number of hydrogen-bond acceptors (Lipinski definition) is 0. The van der Waals surface area contributed by atoms with Crippen molar-refractivity contribution in [3.63, 3.8) is 0 Å². The van der Waals surface area contributed by atoms with Crippen LogP contribution in [0.4, 0.5) is 17.6 Å². The van der Waals surface area contributed by atoms with Crippen molar-refractivity contribution >= 4 is 11.6 Å². The maximum absolute atomic E-state index is 12.7. The average Bonchev–Trinajstić information content (AvgIpc) is 1.97. The van der Waals surface area contributed by atoms with Crippen LogP contribution >= 0.6 is 11.6 Å². The van der Waals surface area contributed by atoms with E-state index in [0.717, 1.165) is 6.07 Å². The molecule has 0 nitrogen and oxygen atoms in total. The van der Waals surface area contributed by atoms with E-state index in [4.69, 9.17) is 11.6 Å². The summed E-state index contributed by atoms with van der Waals surface area (Å²) in [5.41, 5.74) is -0.944. The molecule has 0 aliphatic rings. The fourth-order valence-electron chi connectivity index (χ4n) is 0.890. The highest BCUT2D eigenvalue weighted by Crippen LogP contribution is 2.32. The van der Waals surface area contributed by atoms with Gasteiger partial charge in [0.2, 0.25) is 0 Å². The van der Waals surface area contributed by atoms with Crippen molar-refractivity contribution in [1.29, 1.82) is 0 Å². The van der Waals surface area contributed by atoms with E-state index >= 15 is 0 Å². The lowest BCUT2D eigenvalue weighted by molar-refractivity contribution is -0.137. The zero-order valence-corrected chi connectivity index (χ0v) is 7.30. The van der Waals surface area contributed by atoms with Gasteiger partial charge in [-0.15, -0.1) is 0 Å². The normalized spacial score (nSPS) is 11.8. The maximum Gasteiger partial charge on any atom is 0.416 e. The number of hydrogen-bond donors (Lipinski definition) is 0. The van der Waals surface area contributed by atoms with Gasteiger partial charge in [0.05, 0.1) is 10.6 Å². The third kappa shape index (κ3) is 2.12. The second-order valence-corrected chi connectivity index (χ2v) is 2.96. The van der Waals surface area contributed by atoms with Crippen LogP contribution in [-0.2, 0) is 6.18 Å². The summed E-state index contributed by atoms with van der Waals surface area (Å²) in [5, 5.41) is -0.270. The molecule has 1 aromatic carbocycles. The molecule has 1 aromatic rings. The largest absolute Gasteiger partial charge is 0.416 e. The Bertz CT molecular complexity index is 306. The number of benzene rings is 1. The number of halogens is 5. The van der Waals surface area contributed by atoms with Gasteiger partial charge in [-0.1, -0.05) is 11.6 Å². The standard InChI is InChI=1S/C8H5ClF4/c1-4-2-5(8(11,12)13)3-6(10)7(4)9/h2-3H,1H3. The third-order valence-electron chi connectivity index (χ3n) is 1.54. The number of alkyl halides is 3. The van der Waals surface area contributed by atoms with Gasteiger partial charge in [-0.2, -0.15) is 13.2 Å². The van der Waals surface area contributed by atoms with E-state index in [2.05, 4.69) is 0 Å². The molecule has 0 aliphatic heterocycles. The van der Waals surface area contributed by atoms with Gasteiger partial charge in [0, 0.05) is 0 Å². The molecule has 0 unspecified atom stereocenters. The van der Waals surface area contributed by atoms with Crippen LogP contribution in [0.1, 0.15) is 11.1 Å². The second-order valence-electron chi connectivity index (χ2n) is 2.59. The SMILES string of the molecule is Cc1cc(C(F)(F)F)cc(F)c1Cl. The molecule has 0 aliphatic carbocycles. The summed E-state index contributed by atoms with van der Waals surface area (Å²) in [6.07, 6.45) is -4.53. The molecule has 0 fully saturated rings. The van der Waals surface area contributed by atoms with Gasteiger partial charge in [-0.05, 0) is 24.6 Å². The minimum Gasteiger partial charge on any atom is -0.205 e. The Kier molecular flexibility index (Phi) is 2.52. The summed E-state index contributed by atoms with van der Waals surface area (Å²) in [7, 11) is 0. The van der Waals surface area contributed by atoms with E-state index in [1.807, 2.05) is 0 Å². The predicted octanol–water partition coefficient (Wildman–Crippen LogP) is 3.81. The molecule has 5 heteroatoms. The van der Waals surface area contributed by atoms with E-state index in [1.165, 1.54) is 6.92 Å². The maximum atomic E-state index is 12.7. The molecule has 0 amide bonds. The molecule has 0 bridgehead atoms. The highest BCUT2D eigenvalue weighted by Gasteiger charge is 2.31. The van der Waals surface area contributed by atoms with Gasteiger partial charge >= 0.3 is 6.18 Å². The van der Waals surface area contributed by atoms with Crippen LogP contribution < -0.4 is 0 Å². The first-order valence-corrected chi connectivity index (χ1v) is 3.73. The van der Waals surface area contributed by atoms with E-state index in [1.54, 1.807) is 0 Å². The van der Waals surface area contributed by atoms with Crippen LogP contribution in [-0.4, -0.2) is 0 Å². The third-order valence-corrected chi connectivity index (χ3v) is 2.02. The molecular formula is C8H5ClF4. The molecule has 13 heavy (non-hydrogen) atoms. The van der Waals surface area contributed by atoms with Crippen LogP contribution in [0.15, 0.2) is 12.1 Å². The van der Waals surface area contributed by atoms with E-state index < -0.39 is 17.6 Å². The summed E-state index contributed by atoms with van der Waals surface area (Å²) in [5.74, 6) is -1.05. The fourth-order valence-corrected chi connectivity index (χ4v) is 0.999. The molecule has 0 radical (unpaired) electrons. The second kappa shape index (κ2) is 3.18. The zero-order chi connectivity index (χ0) is 10.2. The highest BCUT2D eigenvalue weighted by atomic mass is 35.5. The predicted molar refractivity (Wildman–Crippen MR) is 41.1 cm³/mol. The van der Waals surface area contributed by atoms with Gasteiger partial charge in [-0.3, -0.25) is 0 Å². The van der Waals surface area contributed by atoms with Gasteiger partial charge in [0.15, 0.2) is 0 Å². The van der Waals surface area contributed by atoms with Crippen LogP contribution in [0.25, 0.3) is 0 Å². The van der Waals surface area contributed by atoms with Crippen molar-refractivity contribution < 1.29 is 17.6 Å². The molecule has 0 saturated heterocycles. The van der Waals surface area contributed by atoms with Gasteiger partial charge < -0.3 is 0 Å². The summed E-state index contributed by atoms with van der Waals surface area (Å²) in [6, 6.07) is 1.20. The summed E-state index contributed by atoms with van der Waals surface area (Å²) >= 11 is 5.36. The number of aryl methyl sites for hydroxylation is 1. The lowest BCUT2D eigenvalue weighted by atomic mass is 10.1. The topological polar surface area (TPSA) is 0 Å². The quantitative estimate of drug-likeness (QED) is 0.574. The van der Waals surface area contributed by atoms with E-state index in [-0.39, 0.29) is 10.6 Å². The summed E-state index contributed by atoms with van der Waals surface area (Å²) in [6.45, 7) is 1.32. The smallest absolute Gasteiger partial charge is 0.205 e. The Morgan fingerprint density at radius 2 is 1.77 bits per heavy atom. The van der Waals surface area contributed by atoms with Gasteiger partial charge in [-0.25, -0.2) is 4.39 Å². The molecule has 0 saturated carbocycles. The van der Waals surface area contributed by atoms with Crippen molar-refractivity contribution in [2.75, 3.05) is 0 Å². The summed E-state index contributed by atoms with van der Waals surface area (Å²) in [4.78, 5) is 0. The van der Waals surface area contributed by atoms with Crippen LogP contribution in [0.2, 0.25) is 5.02 Å². The Hall–Kier alpha value is -0.770. The van der Waals surface area contributed by atoms with Gasteiger partial charge in [0.25, 0.3) is 0 Å². The molecular weight excluding hydrogens is 208 g/mol. The van der Waals surface area contributed by atoms with E-state index in [0.29, 0.717) is 6.07 Å². The van der Waals surface area contributed by atoms with Crippen molar-refractivity contribution in [2.45, 2.75) is 13.1 Å². The molecule has 0 N–H and O–H groups in total.